The van der Waals surface area contributed by atoms with Crippen molar-refractivity contribution in [3.63, 3.8) is 0 Å². The molecule has 0 rings (SSSR count). The van der Waals surface area contributed by atoms with Crippen molar-refractivity contribution >= 4 is 22.1 Å². The predicted octanol–water partition coefficient (Wildman–Crippen LogP) is -7.19. The number of hydrogen-bond donors (Lipinski definition) is 3. The predicted molar refractivity (Wildman–Crippen MR) is 35.2 cm³/mol. The molecule has 0 saturated carbocycles. The van der Waals surface area contributed by atoms with Gasteiger partial charge in [0.1, 0.15) is 0 Å². The fourth-order valence-electron chi connectivity index (χ4n) is 0.479. The second-order valence-corrected chi connectivity index (χ2v) is 3.54. The number of rotatable bonds is 4. The fraction of sp³-hybridized carbons (Fsp3) is 0.500. The summed E-state index contributed by atoms with van der Waals surface area (Å²) in [6.07, 6.45) is -1.16. The summed E-state index contributed by atoms with van der Waals surface area (Å²) < 4.78 is 28.7. The normalized spacial score (nSPS) is 11.8. The van der Waals surface area contributed by atoms with E-state index in [0.717, 1.165) is 0 Å². The Morgan fingerprint density at radius 3 is 1.57 bits per heavy atom. The third kappa shape index (κ3) is 8.18. The molecular weight excluding hydrogens is 238 g/mol. The van der Waals surface area contributed by atoms with Crippen molar-refractivity contribution < 1.29 is 91.9 Å². The third-order valence-corrected chi connectivity index (χ3v) is 2.08. The van der Waals surface area contributed by atoms with E-state index in [1.165, 1.54) is 0 Å². The van der Waals surface area contributed by atoms with Crippen molar-refractivity contribution in [1.29, 1.82) is 0 Å². The molecule has 14 heavy (non-hydrogen) atoms. The molecule has 70 valence electrons. The van der Waals surface area contributed by atoms with Gasteiger partial charge in [0.25, 0.3) is 10.1 Å². The zero-order valence-electron chi connectivity index (χ0n) is 7.67. The molecule has 0 spiro atoms. The summed E-state index contributed by atoms with van der Waals surface area (Å²) >= 11 is 0. The van der Waals surface area contributed by atoms with Crippen LogP contribution in [0.1, 0.15) is 6.42 Å². The molecule has 10 heteroatoms. The number of aliphatic carboxylic acids is 2. The molecule has 0 aromatic carbocycles. The summed E-state index contributed by atoms with van der Waals surface area (Å²) in [6.45, 7) is 0. The second kappa shape index (κ2) is 8.05. The molecule has 0 aromatic rings. The van der Waals surface area contributed by atoms with Gasteiger partial charge in [0.2, 0.25) is 0 Å². The van der Waals surface area contributed by atoms with Crippen molar-refractivity contribution in [2.24, 2.45) is 0 Å². The van der Waals surface area contributed by atoms with Crippen molar-refractivity contribution in [3.05, 3.63) is 0 Å². The minimum Gasteiger partial charge on any atom is -0.481 e. The number of carboxylic acid groups (broad SMARTS) is 2. The topological polar surface area (TPSA) is 129 Å². The smallest absolute Gasteiger partial charge is 0.481 e. The van der Waals surface area contributed by atoms with E-state index < -0.39 is 33.7 Å². The average Bonchev–Trinajstić information content (AvgIpc) is 1.79. The molecule has 1 unspecified atom stereocenters. The fourth-order valence-corrected chi connectivity index (χ4v) is 1.09. The van der Waals surface area contributed by atoms with E-state index in [1.54, 1.807) is 0 Å². The second-order valence-electron chi connectivity index (χ2n) is 1.94. The number of carboxylic acids is 2. The van der Waals surface area contributed by atoms with Gasteiger partial charge in [-0.15, -0.1) is 0 Å². The van der Waals surface area contributed by atoms with Crippen LogP contribution in [0.25, 0.3) is 0 Å². The summed E-state index contributed by atoms with van der Waals surface area (Å²) in [5, 5.41) is 13.9. The van der Waals surface area contributed by atoms with Crippen molar-refractivity contribution in [3.8, 4) is 0 Å². The van der Waals surface area contributed by atoms with Gasteiger partial charge in [-0.2, -0.15) is 8.42 Å². The van der Waals surface area contributed by atoms with Crippen LogP contribution in [0.15, 0.2) is 0 Å². The number of carbonyl (C=O) groups is 2. The van der Waals surface area contributed by atoms with Gasteiger partial charge in [0.15, 0.2) is 5.25 Å². The maximum atomic E-state index is 10.2. The Morgan fingerprint density at radius 2 is 1.50 bits per heavy atom. The first-order chi connectivity index (χ1) is 5.25. The van der Waals surface area contributed by atoms with Gasteiger partial charge in [-0.1, -0.05) is 0 Å². The summed E-state index contributed by atoms with van der Waals surface area (Å²) in [5.41, 5.74) is 0. The molecule has 0 fully saturated rings. The van der Waals surface area contributed by atoms with Crippen molar-refractivity contribution in [2.45, 2.75) is 11.7 Å². The maximum Gasteiger partial charge on any atom is 1.00 e. The summed E-state index contributed by atoms with van der Waals surface area (Å²) in [5.74, 6) is -3.50. The Balaban J connectivity index is -0.000000605. The first kappa shape index (κ1) is 20.3. The van der Waals surface area contributed by atoms with Gasteiger partial charge in [-0.3, -0.25) is 14.1 Å². The largest absolute Gasteiger partial charge is 1.00 e. The van der Waals surface area contributed by atoms with E-state index in [2.05, 4.69) is 0 Å². The maximum absolute atomic E-state index is 10.2. The van der Waals surface area contributed by atoms with Gasteiger partial charge in [-0.25, -0.2) is 0 Å². The van der Waals surface area contributed by atoms with Crippen LogP contribution in [0.2, 0.25) is 0 Å². The molecule has 0 aliphatic heterocycles. The zero-order valence-corrected chi connectivity index (χ0v) is 12.5. The van der Waals surface area contributed by atoms with Crippen LogP contribution in [0, 0.1) is 0 Å². The zero-order chi connectivity index (χ0) is 9.94. The Kier molecular flexibility index (Phi) is 11.7. The van der Waals surface area contributed by atoms with Crippen LogP contribution >= 0.6 is 0 Å². The molecule has 0 aliphatic carbocycles. The minimum atomic E-state index is -4.84. The minimum absolute atomic E-state index is 0. The average molecular weight is 244 g/mol. The van der Waals surface area contributed by atoms with Gasteiger partial charge < -0.3 is 10.2 Å². The molecule has 0 saturated heterocycles. The molecule has 0 aromatic heterocycles. The molecule has 0 bridgehead atoms. The van der Waals surface area contributed by atoms with Crippen LogP contribution in [-0.4, -0.2) is 40.4 Å². The Hall–Kier alpha value is 0.850. The summed E-state index contributed by atoms with van der Waals surface area (Å²) in [7, 11) is -4.84. The van der Waals surface area contributed by atoms with Crippen LogP contribution in [0.3, 0.4) is 0 Å². The van der Waals surface area contributed by atoms with Gasteiger partial charge in [-0.05, 0) is 0 Å². The van der Waals surface area contributed by atoms with Gasteiger partial charge in [0.05, 0.1) is 6.42 Å². The monoisotopic (exact) mass is 244 g/mol. The molecule has 1 atom stereocenters. The van der Waals surface area contributed by atoms with Gasteiger partial charge in [0, 0.05) is 0 Å². The van der Waals surface area contributed by atoms with Crippen LogP contribution < -0.4 is 59.1 Å². The molecule has 0 radical (unpaired) electrons. The van der Waals surface area contributed by atoms with E-state index in [1.807, 2.05) is 0 Å². The van der Waals surface area contributed by atoms with E-state index in [9.17, 15) is 18.0 Å². The standard InChI is InChI=1S/C4H6O7S.2Na/c5-3(6)1-2(4(7)8)12(9,10)11;;/h2H,1H2,(H,5,6)(H,7,8)(H,9,10,11);;/q;2*+1. The Bertz CT molecular complexity index is 297. The third-order valence-electron chi connectivity index (χ3n) is 0.995. The molecule has 0 heterocycles. The van der Waals surface area contributed by atoms with E-state index in [-0.39, 0.29) is 59.1 Å². The van der Waals surface area contributed by atoms with Crippen LogP contribution in [-0.2, 0) is 19.7 Å². The van der Waals surface area contributed by atoms with Crippen molar-refractivity contribution in [2.75, 3.05) is 0 Å². The Labute approximate surface area is 124 Å². The quantitative estimate of drug-likeness (QED) is 0.331. The summed E-state index contributed by atoms with van der Waals surface area (Å²) in [6, 6.07) is 0. The van der Waals surface area contributed by atoms with Gasteiger partial charge >= 0.3 is 71.1 Å². The van der Waals surface area contributed by atoms with Crippen LogP contribution in [0.5, 0.6) is 0 Å². The van der Waals surface area contributed by atoms with E-state index >= 15 is 0 Å². The van der Waals surface area contributed by atoms with Crippen LogP contribution in [0.4, 0.5) is 0 Å². The van der Waals surface area contributed by atoms with Crippen molar-refractivity contribution in [1.82, 2.24) is 0 Å². The molecular formula is C4H6Na2O7S+2. The van der Waals surface area contributed by atoms with E-state index in [0.29, 0.717) is 0 Å². The number of hydrogen-bond acceptors (Lipinski definition) is 4. The first-order valence-corrected chi connectivity index (χ1v) is 4.16. The Morgan fingerprint density at radius 1 is 1.14 bits per heavy atom. The molecule has 7 nitrogen and oxygen atoms in total. The molecule has 0 amide bonds. The first-order valence-electron chi connectivity index (χ1n) is 2.66. The summed E-state index contributed by atoms with van der Waals surface area (Å²) in [4.78, 5) is 20.0. The van der Waals surface area contributed by atoms with E-state index in [4.69, 9.17) is 14.8 Å². The molecule has 0 aliphatic rings. The molecule has 3 N–H and O–H groups in total. The SMILES string of the molecule is O=C(O)CC(C(=O)O)S(=O)(=O)O.[Na+].[Na+].